The second kappa shape index (κ2) is 8.63. The number of ether oxygens (including phenoxy) is 1. The van der Waals surface area contributed by atoms with Gasteiger partial charge in [0.25, 0.3) is 5.91 Å². The van der Waals surface area contributed by atoms with Gasteiger partial charge in [-0.05, 0) is 44.4 Å². The molecule has 0 aliphatic carbocycles. The number of amides is 2. The molecule has 2 amide bonds. The van der Waals surface area contributed by atoms with Crippen LogP contribution in [0.1, 0.15) is 26.3 Å². The second-order valence-electron chi connectivity index (χ2n) is 6.26. The largest absolute Gasteiger partial charge is 0.370 e. The van der Waals surface area contributed by atoms with Gasteiger partial charge in [-0.15, -0.1) is 0 Å². The minimum absolute atomic E-state index is 0.00208. The van der Waals surface area contributed by atoms with Gasteiger partial charge in [0.2, 0.25) is 5.91 Å². The number of nitrogens with zero attached hydrogens (tertiary/aromatic N) is 2. The smallest absolute Gasteiger partial charge is 0.299 e. The van der Waals surface area contributed by atoms with Gasteiger partial charge in [0, 0.05) is 12.6 Å². The molecular formula is C19H23FN2O3. The normalized spacial score (nSPS) is 18.0. The molecule has 2 rings (SSSR count). The summed E-state index contributed by atoms with van der Waals surface area (Å²) < 4.78 is 18.9. The van der Waals surface area contributed by atoms with E-state index in [4.69, 9.17) is 4.74 Å². The van der Waals surface area contributed by atoms with Crippen LogP contribution < -0.4 is 0 Å². The number of carbonyl (C=O) groups excluding carboxylic acids is 2. The first-order valence-corrected chi connectivity index (χ1v) is 8.28. The van der Waals surface area contributed by atoms with Crippen LogP contribution in [-0.2, 0) is 20.9 Å². The van der Waals surface area contributed by atoms with Crippen LogP contribution in [0.4, 0.5) is 4.39 Å². The molecule has 1 atom stereocenters. The van der Waals surface area contributed by atoms with Crippen molar-refractivity contribution in [2.24, 2.45) is 0 Å². The molecule has 134 valence electrons. The van der Waals surface area contributed by atoms with Crippen LogP contribution in [0.5, 0.6) is 0 Å². The summed E-state index contributed by atoms with van der Waals surface area (Å²) in [5, 5.41) is 0. The van der Waals surface area contributed by atoms with Crippen LogP contribution >= 0.6 is 0 Å². The lowest BCUT2D eigenvalue weighted by Crippen LogP contribution is -2.42. The summed E-state index contributed by atoms with van der Waals surface area (Å²) in [4.78, 5) is 27.7. The van der Waals surface area contributed by atoms with Gasteiger partial charge in [0.15, 0.2) is 0 Å². The van der Waals surface area contributed by atoms with E-state index in [1.807, 2.05) is 13.8 Å². The number of hydrogen-bond donors (Lipinski definition) is 0. The molecule has 6 heteroatoms. The van der Waals surface area contributed by atoms with Gasteiger partial charge in [0.05, 0.1) is 19.3 Å². The van der Waals surface area contributed by atoms with Crippen molar-refractivity contribution in [3.8, 4) is 11.8 Å². The lowest BCUT2D eigenvalue weighted by molar-refractivity contribution is -0.137. The third kappa shape index (κ3) is 5.30. The summed E-state index contributed by atoms with van der Waals surface area (Å²) in [5.74, 6) is 4.25. The lowest BCUT2D eigenvalue weighted by atomic mass is 10.2. The number of rotatable bonds is 4. The summed E-state index contributed by atoms with van der Waals surface area (Å²) in [6, 6.07) is 6.08. The highest BCUT2D eigenvalue weighted by Gasteiger charge is 2.31. The molecule has 25 heavy (non-hydrogen) atoms. The Morgan fingerprint density at radius 1 is 1.32 bits per heavy atom. The molecular weight excluding hydrogens is 323 g/mol. The predicted molar refractivity (Wildman–Crippen MR) is 91.9 cm³/mol. The Balaban J connectivity index is 2.11. The van der Waals surface area contributed by atoms with Gasteiger partial charge in [-0.25, -0.2) is 4.39 Å². The zero-order chi connectivity index (χ0) is 18.4. The minimum Gasteiger partial charge on any atom is -0.370 e. The van der Waals surface area contributed by atoms with Crippen molar-refractivity contribution in [3.05, 3.63) is 35.6 Å². The van der Waals surface area contributed by atoms with Crippen molar-refractivity contribution < 1.29 is 18.7 Å². The Morgan fingerprint density at radius 3 is 2.60 bits per heavy atom. The Morgan fingerprint density at radius 2 is 2.00 bits per heavy atom. The van der Waals surface area contributed by atoms with Crippen molar-refractivity contribution in [1.29, 1.82) is 0 Å². The fraction of sp³-hybridized carbons (Fsp3) is 0.474. The molecule has 0 saturated carbocycles. The van der Waals surface area contributed by atoms with E-state index >= 15 is 0 Å². The van der Waals surface area contributed by atoms with Gasteiger partial charge >= 0.3 is 0 Å². The average molecular weight is 346 g/mol. The molecule has 1 fully saturated rings. The number of halogens is 1. The summed E-state index contributed by atoms with van der Waals surface area (Å²) in [6.07, 6.45) is -0.332. The summed E-state index contributed by atoms with van der Waals surface area (Å²) in [6.45, 7) is 6.43. The van der Waals surface area contributed by atoms with E-state index in [2.05, 4.69) is 11.8 Å². The second-order valence-corrected chi connectivity index (χ2v) is 6.26. The maximum Gasteiger partial charge on any atom is 0.299 e. The molecule has 1 aromatic carbocycles. The fourth-order valence-electron chi connectivity index (χ4n) is 2.68. The fourth-order valence-corrected chi connectivity index (χ4v) is 2.68. The summed E-state index contributed by atoms with van der Waals surface area (Å²) in [5.41, 5.74) is 0.833. The van der Waals surface area contributed by atoms with Gasteiger partial charge in [-0.3, -0.25) is 9.59 Å². The molecule has 1 saturated heterocycles. The van der Waals surface area contributed by atoms with Crippen molar-refractivity contribution in [2.75, 3.05) is 19.6 Å². The third-order valence-electron chi connectivity index (χ3n) is 4.01. The highest BCUT2D eigenvalue weighted by molar-refractivity contribution is 5.96. The first kappa shape index (κ1) is 18.9. The van der Waals surface area contributed by atoms with E-state index in [0.717, 1.165) is 5.56 Å². The predicted octanol–water partition coefficient (Wildman–Crippen LogP) is 1.81. The lowest BCUT2D eigenvalue weighted by Gasteiger charge is -2.27. The summed E-state index contributed by atoms with van der Waals surface area (Å²) in [7, 11) is 0. The maximum absolute atomic E-state index is 13.0. The molecule has 1 heterocycles. The van der Waals surface area contributed by atoms with Crippen molar-refractivity contribution >= 4 is 11.8 Å². The molecule has 1 aliphatic heterocycles. The van der Waals surface area contributed by atoms with E-state index in [-0.39, 0.29) is 42.9 Å². The van der Waals surface area contributed by atoms with Crippen LogP contribution in [0, 0.1) is 17.7 Å². The quantitative estimate of drug-likeness (QED) is 0.782. The third-order valence-corrected chi connectivity index (χ3v) is 4.01. The van der Waals surface area contributed by atoms with Crippen molar-refractivity contribution in [3.63, 3.8) is 0 Å². The van der Waals surface area contributed by atoms with Crippen LogP contribution in [0.15, 0.2) is 24.3 Å². The van der Waals surface area contributed by atoms with Crippen molar-refractivity contribution in [1.82, 2.24) is 9.80 Å². The van der Waals surface area contributed by atoms with E-state index < -0.39 is 0 Å². The van der Waals surface area contributed by atoms with Crippen LogP contribution in [0.25, 0.3) is 0 Å². The molecule has 5 nitrogen and oxygen atoms in total. The number of benzene rings is 1. The molecule has 0 N–H and O–H groups in total. The van der Waals surface area contributed by atoms with Crippen LogP contribution in [0.2, 0.25) is 0 Å². The molecule has 0 spiro atoms. The van der Waals surface area contributed by atoms with E-state index in [0.29, 0.717) is 13.1 Å². The van der Waals surface area contributed by atoms with Gasteiger partial charge in [0.1, 0.15) is 12.4 Å². The first-order valence-electron chi connectivity index (χ1n) is 8.28. The monoisotopic (exact) mass is 346 g/mol. The maximum atomic E-state index is 13.0. The highest BCUT2D eigenvalue weighted by atomic mass is 19.1. The number of carbonyl (C=O) groups is 2. The zero-order valence-corrected chi connectivity index (χ0v) is 14.8. The minimum atomic E-state index is -0.378. The van der Waals surface area contributed by atoms with Gasteiger partial charge < -0.3 is 14.5 Å². The highest BCUT2D eigenvalue weighted by Crippen LogP contribution is 2.14. The molecule has 0 aromatic heterocycles. The molecule has 1 unspecified atom stereocenters. The van der Waals surface area contributed by atoms with E-state index in [1.54, 1.807) is 24.0 Å². The topological polar surface area (TPSA) is 49.9 Å². The Labute approximate surface area is 147 Å². The van der Waals surface area contributed by atoms with Crippen molar-refractivity contribution in [2.45, 2.75) is 39.5 Å². The van der Waals surface area contributed by atoms with E-state index in [1.165, 1.54) is 17.0 Å². The first-order chi connectivity index (χ1) is 11.9. The Bertz CT molecular complexity index is 676. The molecule has 0 bridgehead atoms. The Kier molecular flexibility index (Phi) is 6.54. The SMILES string of the molecule is CC#CC(=O)N1CC(=O)N(C(C)C)CC(OCc2ccc(F)cc2)C1. The van der Waals surface area contributed by atoms with Gasteiger partial charge in [-0.1, -0.05) is 18.1 Å². The van der Waals surface area contributed by atoms with Gasteiger partial charge in [-0.2, -0.15) is 0 Å². The van der Waals surface area contributed by atoms with E-state index in [9.17, 15) is 14.0 Å². The molecule has 1 aromatic rings. The zero-order valence-electron chi connectivity index (χ0n) is 14.8. The summed E-state index contributed by atoms with van der Waals surface area (Å²) >= 11 is 0. The van der Waals surface area contributed by atoms with Crippen LogP contribution in [-0.4, -0.2) is 53.4 Å². The number of hydrogen-bond acceptors (Lipinski definition) is 3. The molecule has 1 aliphatic rings. The standard InChI is InChI=1S/C19H23FN2O3/c1-4-5-18(23)21-10-17(11-22(14(2)3)19(24)12-21)25-13-15-6-8-16(20)9-7-15/h6-9,14,17H,10-13H2,1-3H3. The van der Waals surface area contributed by atoms with Crippen LogP contribution in [0.3, 0.4) is 0 Å². The molecule has 0 radical (unpaired) electrons. The Hall–Kier alpha value is -2.39. The average Bonchev–Trinajstić information content (AvgIpc) is 2.74.